The van der Waals surface area contributed by atoms with E-state index in [0.29, 0.717) is 17.5 Å². The van der Waals surface area contributed by atoms with Gasteiger partial charge in [0.05, 0.1) is 22.1 Å². The Bertz CT molecular complexity index is 4290. The summed E-state index contributed by atoms with van der Waals surface area (Å²) in [6, 6.07) is 80.5. The summed E-state index contributed by atoms with van der Waals surface area (Å²) in [6.45, 7) is 0. The molecule has 3 aromatic heterocycles. The Kier molecular flexibility index (Phi) is 7.91. The fourth-order valence-corrected chi connectivity index (χ4v) is 10.5. The molecule has 0 saturated heterocycles. The predicted octanol–water partition coefficient (Wildman–Crippen LogP) is 15.7. The first kappa shape index (κ1) is 36.5. The summed E-state index contributed by atoms with van der Waals surface area (Å²) in [4.78, 5) is 15.7. The van der Waals surface area contributed by atoms with Gasteiger partial charge in [-0.15, -0.1) is 0 Å². The van der Waals surface area contributed by atoms with E-state index in [1.54, 1.807) is 0 Å². The Labute approximate surface area is 379 Å². The van der Waals surface area contributed by atoms with Crippen molar-refractivity contribution < 1.29 is 0 Å². The third-order valence-corrected chi connectivity index (χ3v) is 13.5. The highest BCUT2D eigenvalue weighted by atomic mass is 15.0. The number of hydrogen-bond donors (Lipinski definition) is 0. The zero-order chi connectivity index (χ0) is 43.3. The molecule has 0 atom stereocenters. The summed E-state index contributed by atoms with van der Waals surface area (Å²) in [5.74, 6) is 1.89. The zero-order valence-electron chi connectivity index (χ0n) is 35.6. The highest BCUT2D eigenvalue weighted by Crippen LogP contribution is 2.41. The molecule has 0 bridgehead atoms. The molecule has 0 N–H and O–H groups in total. The van der Waals surface area contributed by atoms with Crippen LogP contribution in [0.15, 0.2) is 224 Å². The Morgan fingerprint density at radius 1 is 0.258 bits per heavy atom. The van der Waals surface area contributed by atoms with Crippen LogP contribution in [0.3, 0.4) is 0 Å². The molecule has 306 valence electrons. The molecule has 0 amide bonds. The van der Waals surface area contributed by atoms with Gasteiger partial charge in [0.15, 0.2) is 17.5 Å². The van der Waals surface area contributed by atoms with Crippen molar-refractivity contribution in [2.75, 3.05) is 0 Å². The first-order valence-electron chi connectivity index (χ1n) is 22.4. The third-order valence-electron chi connectivity index (χ3n) is 13.5. The van der Waals surface area contributed by atoms with Crippen LogP contribution in [0.25, 0.3) is 132 Å². The van der Waals surface area contributed by atoms with E-state index in [4.69, 9.17) is 15.0 Å². The van der Waals surface area contributed by atoms with Crippen LogP contribution >= 0.6 is 0 Å². The second kappa shape index (κ2) is 14.3. The van der Waals surface area contributed by atoms with Crippen molar-refractivity contribution >= 4 is 86.7 Å². The van der Waals surface area contributed by atoms with Gasteiger partial charge in [-0.05, 0) is 92.3 Å². The monoisotopic (exact) mass is 839 g/mol. The normalized spacial score (nSPS) is 11.9. The molecule has 0 fully saturated rings. The van der Waals surface area contributed by atoms with Crippen LogP contribution in [0.5, 0.6) is 0 Å². The minimum atomic E-state index is 0.616. The number of aromatic nitrogens is 5. The molecule has 5 heteroatoms. The summed E-state index contributed by atoms with van der Waals surface area (Å²) in [5, 5.41) is 14.4. The van der Waals surface area contributed by atoms with Crippen molar-refractivity contribution in [3.63, 3.8) is 0 Å². The van der Waals surface area contributed by atoms with Crippen LogP contribution in [0.2, 0.25) is 0 Å². The van der Waals surface area contributed by atoms with Gasteiger partial charge in [0.2, 0.25) is 0 Å². The average molecular weight is 840 g/mol. The number of hydrogen-bond acceptors (Lipinski definition) is 3. The molecule has 0 aliphatic heterocycles. The summed E-state index contributed by atoms with van der Waals surface area (Å²) < 4.78 is 4.86. The number of nitrogens with zero attached hydrogens (tertiary/aromatic N) is 5. The van der Waals surface area contributed by atoms with E-state index < -0.39 is 0 Å². The molecule has 11 aromatic carbocycles. The Morgan fingerprint density at radius 2 is 0.848 bits per heavy atom. The van der Waals surface area contributed by atoms with Gasteiger partial charge in [-0.1, -0.05) is 170 Å². The molecule has 0 aliphatic carbocycles. The first-order valence-corrected chi connectivity index (χ1v) is 22.4. The molecule has 0 radical (unpaired) electrons. The largest absolute Gasteiger partial charge is 0.309 e. The van der Waals surface area contributed by atoms with E-state index in [9.17, 15) is 0 Å². The van der Waals surface area contributed by atoms with E-state index in [1.165, 1.54) is 64.9 Å². The van der Waals surface area contributed by atoms with Crippen LogP contribution in [-0.4, -0.2) is 24.1 Å². The molecule has 66 heavy (non-hydrogen) atoms. The van der Waals surface area contributed by atoms with Crippen LogP contribution in [-0.2, 0) is 0 Å². The van der Waals surface area contributed by atoms with Crippen LogP contribution in [0.1, 0.15) is 0 Å². The summed E-state index contributed by atoms with van der Waals surface area (Å²) in [6.07, 6.45) is 0. The van der Waals surface area contributed by atoms with E-state index in [1.807, 2.05) is 18.2 Å². The van der Waals surface area contributed by atoms with Gasteiger partial charge in [0.1, 0.15) is 0 Å². The maximum Gasteiger partial charge on any atom is 0.164 e. The van der Waals surface area contributed by atoms with Gasteiger partial charge in [-0.3, -0.25) is 0 Å². The van der Waals surface area contributed by atoms with E-state index in [-0.39, 0.29) is 0 Å². The molecule has 0 unspecified atom stereocenters. The van der Waals surface area contributed by atoms with Crippen molar-refractivity contribution in [3.8, 4) is 45.5 Å². The van der Waals surface area contributed by atoms with E-state index in [0.717, 1.165) is 49.9 Å². The van der Waals surface area contributed by atoms with Crippen LogP contribution in [0.4, 0.5) is 0 Å². The number of fused-ring (bicyclic) bond motifs is 12. The summed E-state index contributed by atoms with van der Waals surface area (Å²) >= 11 is 0. The molecule has 0 aliphatic rings. The van der Waals surface area contributed by atoms with Gasteiger partial charge in [-0.25, -0.2) is 15.0 Å². The topological polar surface area (TPSA) is 48.5 Å². The highest BCUT2D eigenvalue weighted by Gasteiger charge is 2.21. The maximum atomic E-state index is 5.32. The molecule has 14 rings (SSSR count). The molecular formula is C61H37N5. The first-order chi connectivity index (χ1) is 32.7. The molecule has 0 spiro atoms. The van der Waals surface area contributed by atoms with Gasteiger partial charge in [0.25, 0.3) is 0 Å². The lowest BCUT2D eigenvalue weighted by molar-refractivity contribution is 1.07. The highest BCUT2D eigenvalue weighted by molar-refractivity contribution is 6.20. The number of benzene rings is 11. The Morgan fingerprint density at radius 3 is 1.68 bits per heavy atom. The maximum absolute atomic E-state index is 5.32. The fourth-order valence-electron chi connectivity index (χ4n) is 10.5. The second-order valence-corrected chi connectivity index (χ2v) is 17.2. The smallest absolute Gasteiger partial charge is 0.164 e. The van der Waals surface area contributed by atoms with Crippen molar-refractivity contribution in [2.45, 2.75) is 0 Å². The van der Waals surface area contributed by atoms with Gasteiger partial charge in [0, 0.05) is 55.0 Å². The lowest BCUT2D eigenvalue weighted by atomic mass is 9.97. The van der Waals surface area contributed by atoms with Crippen molar-refractivity contribution in [3.05, 3.63) is 224 Å². The lowest BCUT2D eigenvalue weighted by Crippen LogP contribution is -2.01. The van der Waals surface area contributed by atoms with E-state index >= 15 is 0 Å². The summed E-state index contributed by atoms with van der Waals surface area (Å²) in [7, 11) is 0. The Balaban J connectivity index is 0.999. The standard InChI is InChI=1S/C61H37N5/c1-2-16-39(17-3-1)59-62-60(64-61(63-59)54-35-42-20-7-8-23-46(42)48-25-10-11-26-49(48)54)43-21-14-22-44(33-43)65-56-32-30-45(37-53(56)52-34-40-18-4-5-19-41(40)36-57(52)65)66-55-28-13-12-27-50(55)51-31-29-38-15-6-9-24-47(38)58(51)66/h1-37H. The minimum Gasteiger partial charge on any atom is -0.309 e. The zero-order valence-corrected chi connectivity index (χ0v) is 35.6. The average Bonchev–Trinajstić information content (AvgIpc) is 3.90. The van der Waals surface area contributed by atoms with Crippen molar-refractivity contribution in [1.29, 1.82) is 0 Å². The fraction of sp³-hybridized carbons (Fsp3) is 0. The van der Waals surface area contributed by atoms with Gasteiger partial charge in [-0.2, -0.15) is 0 Å². The number of para-hydroxylation sites is 1. The quantitative estimate of drug-likeness (QED) is 0.162. The van der Waals surface area contributed by atoms with Crippen molar-refractivity contribution in [2.24, 2.45) is 0 Å². The molecule has 5 nitrogen and oxygen atoms in total. The van der Waals surface area contributed by atoms with Crippen LogP contribution in [0, 0.1) is 0 Å². The predicted molar refractivity (Wildman–Crippen MR) is 275 cm³/mol. The van der Waals surface area contributed by atoms with Gasteiger partial charge < -0.3 is 9.13 Å². The lowest BCUT2D eigenvalue weighted by Gasteiger charge is -2.14. The third kappa shape index (κ3) is 5.57. The van der Waals surface area contributed by atoms with E-state index in [2.05, 4.69) is 215 Å². The summed E-state index contributed by atoms with van der Waals surface area (Å²) in [5.41, 5.74) is 9.63. The molecule has 3 heterocycles. The van der Waals surface area contributed by atoms with Crippen molar-refractivity contribution in [1.82, 2.24) is 24.1 Å². The van der Waals surface area contributed by atoms with Crippen LogP contribution < -0.4 is 0 Å². The second-order valence-electron chi connectivity index (χ2n) is 17.2. The SMILES string of the molecule is c1ccc(-c2nc(-c3cccc(-n4c5ccc(-n6c7ccccc7c7ccc8ccccc8c76)cc5c5cc6ccccc6cc54)c3)nc(-c3cc4ccccc4c4ccccc34)n2)cc1. The Hall–Kier alpha value is -8.93. The number of rotatable bonds is 5. The molecule has 0 saturated carbocycles. The minimum absolute atomic E-state index is 0.616. The molecular weight excluding hydrogens is 803 g/mol. The van der Waals surface area contributed by atoms with Gasteiger partial charge >= 0.3 is 0 Å². The molecule has 14 aromatic rings.